The lowest BCUT2D eigenvalue weighted by Gasteiger charge is -2.24. The molecule has 0 aliphatic carbocycles. The number of carbonyl (C=O) groups excluding carboxylic acids is 1. The number of rotatable bonds is 6. The van der Waals surface area contributed by atoms with Gasteiger partial charge in [-0.1, -0.05) is 30.3 Å². The number of likely N-dealkylation sites (N-methyl/N-ethyl adjacent to an activating group) is 1. The van der Waals surface area contributed by atoms with Crippen LogP contribution >= 0.6 is 0 Å². The fraction of sp³-hybridized carbons (Fsp3) is 0.350. The molecule has 0 radical (unpaired) electrons. The normalized spacial score (nSPS) is 11.3. The van der Waals surface area contributed by atoms with Gasteiger partial charge in [0.05, 0.1) is 21.1 Å². The molecule has 0 unspecified atom stereocenters. The van der Waals surface area contributed by atoms with Crippen LogP contribution in [0.3, 0.4) is 0 Å². The van der Waals surface area contributed by atoms with Crippen molar-refractivity contribution in [3.63, 3.8) is 0 Å². The van der Waals surface area contributed by atoms with Crippen LogP contribution in [0.25, 0.3) is 0 Å². The first kappa shape index (κ1) is 17.2. The Kier molecular flexibility index (Phi) is 5.22. The molecule has 0 atom stereocenters. The Balaban J connectivity index is 2.19. The zero-order chi connectivity index (χ0) is 17.0. The molecule has 0 fully saturated rings. The average Bonchev–Trinajstić information content (AvgIpc) is 2.49. The molecule has 2 aromatic rings. The number of aryl methyl sites for hydroxylation is 2. The fourth-order valence-corrected chi connectivity index (χ4v) is 2.49. The summed E-state index contributed by atoms with van der Waals surface area (Å²) < 4.78 is 6.82. The SMILES string of the molecule is Cc1cc(C(=O)c2ccccc2)cc(C)c1OCC[N+](C)(C)C. The van der Waals surface area contributed by atoms with Crippen LogP contribution in [0.5, 0.6) is 5.75 Å². The van der Waals surface area contributed by atoms with E-state index in [4.69, 9.17) is 4.74 Å². The summed E-state index contributed by atoms with van der Waals surface area (Å²) in [5, 5.41) is 0. The molecule has 2 rings (SSSR count). The number of hydrogen-bond acceptors (Lipinski definition) is 2. The molecule has 0 heterocycles. The number of ketones is 1. The second kappa shape index (κ2) is 6.97. The van der Waals surface area contributed by atoms with Crippen LogP contribution in [0.2, 0.25) is 0 Å². The van der Waals surface area contributed by atoms with E-state index in [1.54, 1.807) is 0 Å². The van der Waals surface area contributed by atoms with Crippen LogP contribution in [0, 0.1) is 13.8 Å². The number of quaternary nitrogens is 1. The van der Waals surface area contributed by atoms with Crippen LogP contribution in [-0.4, -0.2) is 44.6 Å². The standard InChI is InChI=1S/C20H26NO2/c1-15-13-18(19(22)17-9-7-6-8-10-17)14-16(2)20(15)23-12-11-21(3,4)5/h6-10,13-14H,11-12H2,1-5H3/q+1. The Morgan fingerprint density at radius 1 is 0.957 bits per heavy atom. The molecule has 0 saturated heterocycles. The van der Waals surface area contributed by atoms with E-state index in [1.807, 2.05) is 56.3 Å². The van der Waals surface area contributed by atoms with E-state index >= 15 is 0 Å². The quantitative estimate of drug-likeness (QED) is 0.601. The molecule has 3 heteroatoms. The second-order valence-electron chi connectivity index (χ2n) is 7.00. The topological polar surface area (TPSA) is 26.3 Å². The number of carbonyl (C=O) groups is 1. The van der Waals surface area contributed by atoms with Gasteiger partial charge in [-0.25, -0.2) is 0 Å². The van der Waals surface area contributed by atoms with E-state index in [0.29, 0.717) is 17.7 Å². The van der Waals surface area contributed by atoms with Gasteiger partial charge in [-0.3, -0.25) is 4.79 Å². The number of hydrogen-bond donors (Lipinski definition) is 0. The van der Waals surface area contributed by atoms with Crippen molar-refractivity contribution in [2.75, 3.05) is 34.3 Å². The molecule has 0 aliphatic heterocycles. The molecule has 0 amide bonds. The van der Waals surface area contributed by atoms with Crippen LogP contribution < -0.4 is 4.74 Å². The maximum absolute atomic E-state index is 12.6. The largest absolute Gasteiger partial charge is 0.487 e. The predicted molar refractivity (Wildman–Crippen MR) is 94.2 cm³/mol. The lowest BCUT2D eigenvalue weighted by atomic mass is 9.98. The molecular formula is C20H26NO2+. The summed E-state index contributed by atoms with van der Waals surface area (Å²) in [6.07, 6.45) is 0. The van der Waals surface area contributed by atoms with Gasteiger partial charge in [0.2, 0.25) is 0 Å². The highest BCUT2D eigenvalue weighted by molar-refractivity contribution is 6.09. The third-order valence-electron chi connectivity index (χ3n) is 3.77. The van der Waals surface area contributed by atoms with E-state index in [9.17, 15) is 4.79 Å². The molecule has 0 aromatic heterocycles. The van der Waals surface area contributed by atoms with Gasteiger partial charge in [0.1, 0.15) is 18.9 Å². The minimum absolute atomic E-state index is 0.0507. The summed E-state index contributed by atoms with van der Waals surface area (Å²) in [7, 11) is 6.43. The van der Waals surface area contributed by atoms with E-state index in [-0.39, 0.29) is 5.78 Å². The first-order valence-electron chi connectivity index (χ1n) is 7.92. The lowest BCUT2D eigenvalue weighted by Crippen LogP contribution is -2.38. The highest BCUT2D eigenvalue weighted by Crippen LogP contribution is 2.26. The van der Waals surface area contributed by atoms with Crippen LogP contribution in [0.15, 0.2) is 42.5 Å². The van der Waals surface area contributed by atoms with Crippen LogP contribution in [0.4, 0.5) is 0 Å². The first-order valence-corrected chi connectivity index (χ1v) is 7.92. The molecule has 0 bridgehead atoms. The van der Waals surface area contributed by atoms with Crippen LogP contribution in [0.1, 0.15) is 27.0 Å². The van der Waals surface area contributed by atoms with Crippen molar-refractivity contribution in [1.82, 2.24) is 0 Å². The summed E-state index contributed by atoms with van der Waals surface area (Å²) in [5.74, 6) is 0.942. The number of benzene rings is 2. The minimum atomic E-state index is 0.0507. The third-order valence-corrected chi connectivity index (χ3v) is 3.77. The van der Waals surface area contributed by atoms with Crippen LogP contribution in [-0.2, 0) is 0 Å². The Hall–Kier alpha value is -2.13. The molecular weight excluding hydrogens is 286 g/mol. The molecule has 23 heavy (non-hydrogen) atoms. The van der Waals surface area contributed by atoms with E-state index in [2.05, 4.69) is 21.1 Å². The smallest absolute Gasteiger partial charge is 0.193 e. The summed E-state index contributed by atoms with van der Waals surface area (Å²) in [5.41, 5.74) is 3.44. The van der Waals surface area contributed by atoms with Crippen molar-refractivity contribution in [3.8, 4) is 5.75 Å². The van der Waals surface area contributed by atoms with Crippen molar-refractivity contribution in [2.24, 2.45) is 0 Å². The van der Waals surface area contributed by atoms with Gasteiger partial charge < -0.3 is 9.22 Å². The van der Waals surface area contributed by atoms with Gasteiger partial charge in [0.15, 0.2) is 5.78 Å². The maximum Gasteiger partial charge on any atom is 0.193 e. The number of nitrogens with zero attached hydrogens (tertiary/aromatic N) is 1. The second-order valence-corrected chi connectivity index (χ2v) is 7.00. The summed E-state index contributed by atoms with van der Waals surface area (Å²) in [6.45, 7) is 5.59. The average molecular weight is 312 g/mol. The lowest BCUT2D eigenvalue weighted by molar-refractivity contribution is -0.870. The van der Waals surface area contributed by atoms with Crippen molar-refractivity contribution < 1.29 is 14.0 Å². The maximum atomic E-state index is 12.6. The van der Waals surface area contributed by atoms with Gasteiger partial charge in [-0.2, -0.15) is 0 Å². The molecule has 122 valence electrons. The molecule has 0 N–H and O–H groups in total. The van der Waals surface area contributed by atoms with Gasteiger partial charge in [0.25, 0.3) is 0 Å². The van der Waals surface area contributed by atoms with Gasteiger partial charge >= 0.3 is 0 Å². The summed E-state index contributed by atoms with van der Waals surface area (Å²) in [4.78, 5) is 12.6. The predicted octanol–water partition coefficient (Wildman–Crippen LogP) is 3.62. The monoisotopic (exact) mass is 312 g/mol. The minimum Gasteiger partial charge on any atom is -0.487 e. The number of ether oxygens (including phenoxy) is 1. The Bertz CT molecular complexity index is 662. The summed E-state index contributed by atoms with van der Waals surface area (Å²) >= 11 is 0. The zero-order valence-electron chi connectivity index (χ0n) is 14.7. The molecule has 0 spiro atoms. The van der Waals surface area contributed by atoms with Crippen molar-refractivity contribution in [2.45, 2.75) is 13.8 Å². The van der Waals surface area contributed by atoms with E-state index in [0.717, 1.165) is 27.9 Å². The zero-order valence-corrected chi connectivity index (χ0v) is 14.7. The van der Waals surface area contributed by atoms with E-state index in [1.165, 1.54) is 0 Å². The molecule has 0 saturated carbocycles. The Labute approximate surface area is 139 Å². The van der Waals surface area contributed by atoms with Crippen molar-refractivity contribution in [1.29, 1.82) is 0 Å². The Morgan fingerprint density at radius 3 is 2.04 bits per heavy atom. The van der Waals surface area contributed by atoms with Gasteiger partial charge in [0, 0.05) is 11.1 Å². The Morgan fingerprint density at radius 2 is 1.52 bits per heavy atom. The van der Waals surface area contributed by atoms with Gasteiger partial charge in [-0.05, 0) is 37.1 Å². The fourth-order valence-electron chi connectivity index (χ4n) is 2.49. The highest BCUT2D eigenvalue weighted by Gasteiger charge is 2.14. The van der Waals surface area contributed by atoms with Crippen molar-refractivity contribution in [3.05, 3.63) is 64.7 Å². The summed E-state index contributed by atoms with van der Waals surface area (Å²) in [6, 6.07) is 13.2. The van der Waals surface area contributed by atoms with E-state index < -0.39 is 0 Å². The highest BCUT2D eigenvalue weighted by atomic mass is 16.5. The van der Waals surface area contributed by atoms with Gasteiger partial charge in [-0.15, -0.1) is 0 Å². The van der Waals surface area contributed by atoms with Crippen molar-refractivity contribution >= 4 is 5.78 Å². The molecule has 0 aliphatic rings. The molecule has 2 aromatic carbocycles. The first-order chi connectivity index (χ1) is 10.8. The third kappa shape index (κ3) is 4.67. The molecule has 3 nitrogen and oxygen atoms in total.